The second-order valence-electron chi connectivity index (χ2n) is 3.19. The molecule has 0 bridgehead atoms. The molecule has 0 aliphatic carbocycles. The summed E-state index contributed by atoms with van der Waals surface area (Å²) >= 11 is 0. The molecule has 0 spiro atoms. The zero-order valence-electron chi connectivity index (χ0n) is 7.00. The summed E-state index contributed by atoms with van der Waals surface area (Å²) < 4.78 is 17.9. The lowest BCUT2D eigenvalue weighted by Crippen LogP contribution is -2.21. The fraction of sp³-hybridized carbons (Fsp3) is 0.875. The van der Waals surface area contributed by atoms with Gasteiger partial charge in [-0.2, -0.15) is 0 Å². The van der Waals surface area contributed by atoms with Crippen molar-refractivity contribution in [2.75, 3.05) is 0 Å². The molecule has 3 unspecified atom stereocenters. The number of carboxylic acids is 1. The smallest absolute Gasteiger partial charge is 0.338 e. The molecule has 0 radical (unpaired) electrons. The Labute approximate surface area is 70.5 Å². The summed E-state index contributed by atoms with van der Waals surface area (Å²) in [6.07, 6.45) is -0.173. The highest BCUT2D eigenvalue weighted by Gasteiger charge is 2.27. The van der Waals surface area contributed by atoms with Crippen LogP contribution < -0.4 is 0 Å². The molecule has 1 N–H and O–H groups in total. The Kier molecular flexibility index (Phi) is 3.03. The van der Waals surface area contributed by atoms with Crippen LogP contribution in [-0.2, 0) is 9.53 Å². The molecule has 12 heavy (non-hydrogen) atoms. The Morgan fingerprint density at radius 2 is 2.42 bits per heavy atom. The van der Waals surface area contributed by atoms with Crippen LogP contribution in [0.5, 0.6) is 0 Å². The number of aliphatic carboxylic acids is 1. The molecule has 0 amide bonds. The number of carbonyl (C=O) groups is 1. The maximum atomic E-state index is 12.6. The van der Waals surface area contributed by atoms with Crippen LogP contribution in [-0.4, -0.2) is 29.5 Å². The zero-order chi connectivity index (χ0) is 9.14. The second kappa shape index (κ2) is 3.85. The maximum absolute atomic E-state index is 12.6. The Hall–Kier alpha value is -0.640. The molecule has 1 aliphatic rings. The zero-order valence-corrected chi connectivity index (χ0v) is 7.00. The molecule has 1 heterocycles. The molecule has 0 aromatic rings. The fourth-order valence-corrected chi connectivity index (χ4v) is 1.39. The van der Waals surface area contributed by atoms with Crippen LogP contribution >= 0.6 is 0 Å². The highest BCUT2D eigenvalue weighted by Crippen LogP contribution is 2.23. The first-order chi connectivity index (χ1) is 5.59. The van der Waals surface area contributed by atoms with Gasteiger partial charge in [-0.3, -0.25) is 0 Å². The van der Waals surface area contributed by atoms with Gasteiger partial charge in [0.2, 0.25) is 0 Å². The van der Waals surface area contributed by atoms with Crippen molar-refractivity contribution in [3.63, 3.8) is 0 Å². The summed E-state index contributed by atoms with van der Waals surface area (Å²) in [5, 5.41) is 8.28. The highest BCUT2D eigenvalue weighted by molar-refractivity contribution is 5.72. The number of hydrogen-bond acceptors (Lipinski definition) is 2. The van der Waals surface area contributed by atoms with Crippen LogP contribution in [0.2, 0.25) is 0 Å². The Balaban J connectivity index is 2.27. The molecule has 3 atom stereocenters. The van der Waals surface area contributed by atoms with Gasteiger partial charge in [0, 0.05) is 6.42 Å². The number of alkyl halides is 1. The van der Waals surface area contributed by atoms with E-state index in [1.807, 2.05) is 6.92 Å². The lowest BCUT2D eigenvalue weighted by Gasteiger charge is -2.11. The molecule has 3 nitrogen and oxygen atoms in total. The fourth-order valence-electron chi connectivity index (χ4n) is 1.39. The summed E-state index contributed by atoms with van der Waals surface area (Å²) in [6, 6.07) is 0. The third-order valence-electron chi connectivity index (χ3n) is 2.06. The predicted molar refractivity (Wildman–Crippen MR) is 40.7 cm³/mol. The largest absolute Gasteiger partial charge is 0.479 e. The van der Waals surface area contributed by atoms with Gasteiger partial charge < -0.3 is 9.84 Å². The van der Waals surface area contributed by atoms with Crippen LogP contribution in [0, 0.1) is 0 Å². The lowest BCUT2D eigenvalue weighted by atomic mass is 10.1. The number of rotatable bonds is 3. The average Bonchev–Trinajstić information content (AvgIpc) is 2.35. The molecule has 0 saturated carbocycles. The minimum Gasteiger partial charge on any atom is -0.479 e. The predicted octanol–water partition coefficient (Wildman–Crippen LogP) is 1.37. The first-order valence-corrected chi connectivity index (χ1v) is 4.12. The molecule has 1 aliphatic heterocycles. The van der Waals surface area contributed by atoms with Gasteiger partial charge in [-0.05, 0) is 19.8 Å². The quantitative estimate of drug-likeness (QED) is 0.706. The van der Waals surface area contributed by atoms with Gasteiger partial charge in [-0.25, -0.2) is 9.18 Å². The summed E-state index contributed by atoms with van der Waals surface area (Å²) in [4.78, 5) is 10.1. The van der Waals surface area contributed by atoms with E-state index in [1.165, 1.54) is 0 Å². The maximum Gasteiger partial charge on any atom is 0.338 e. The van der Waals surface area contributed by atoms with Crippen molar-refractivity contribution in [2.24, 2.45) is 0 Å². The molecular formula is C8H13FO3. The van der Waals surface area contributed by atoms with Crippen molar-refractivity contribution in [1.82, 2.24) is 0 Å². The molecule has 4 heteroatoms. The van der Waals surface area contributed by atoms with Crippen molar-refractivity contribution in [2.45, 2.75) is 44.6 Å². The number of halogens is 1. The second-order valence-corrected chi connectivity index (χ2v) is 3.19. The van der Waals surface area contributed by atoms with E-state index < -0.39 is 12.1 Å². The Morgan fingerprint density at radius 1 is 1.75 bits per heavy atom. The van der Waals surface area contributed by atoms with Crippen LogP contribution in [0.1, 0.15) is 26.2 Å². The number of ether oxygens (including phenoxy) is 1. The molecule has 70 valence electrons. The van der Waals surface area contributed by atoms with Gasteiger partial charge in [0.1, 0.15) is 0 Å². The summed E-state index contributed by atoms with van der Waals surface area (Å²) in [6.45, 7) is 1.91. The normalized spacial score (nSPS) is 31.8. The monoisotopic (exact) mass is 176 g/mol. The Bertz CT molecular complexity index is 172. The van der Waals surface area contributed by atoms with Gasteiger partial charge in [-0.1, -0.05) is 0 Å². The SMILES string of the molecule is CC1CCC(CC(F)C(=O)O)O1. The standard InChI is InChI=1S/C8H13FO3/c1-5-2-3-6(12-5)4-7(9)8(10)11/h5-7H,2-4H2,1H3,(H,10,11). The van der Waals surface area contributed by atoms with Crippen LogP contribution in [0.3, 0.4) is 0 Å². The first kappa shape index (κ1) is 9.45. The van der Waals surface area contributed by atoms with Gasteiger partial charge in [-0.15, -0.1) is 0 Å². The van der Waals surface area contributed by atoms with E-state index in [2.05, 4.69) is 0 Å². The average molecular weight is 176 g/mol. The van der Waals surface area contributed by atoms with Gasteiger partial charge >= 0.3 is 5.97 Å². The van der Waals surface area contributed by atoms with Crippen LogP contribution in [0.15, 0.2) is 0 Å². The van der Waals surface area contributed by atoms with E-state index in [-0.39, 0.29) is 18.6 Å². The summed E-state index contributed by atoms with van der Waals surface area (Å²) in [7, 11) is 0. The molecule has 0 aromatic heterocycles. The third-order valence-corrected chi connectivity index (χ3v) is 2.06. The minimum absolute atomic E-state index is 0.0142. The topological polar surface area (TPSA) is 46.5 Å². The first-order valence-electron chi connectivity index (χ1n) is 4.12. The van der Waals surface area contributed by atoms with Gasteiger partial charge in [0.05, 0.1) is 12.2 Å². The molecule has 1 rings (SSSR count). The lowest BCUT2D eigenvalue weighted by molar-refractivity contribution is -0.144. The molecule has 1 fully saturated rings. The van der Waals surface area contributed by atoms with E-state index >= 15 is 0 Å². The minimum atomic E-state index is -1.78. The number of carboxylic acid groups (broad SMARTS) is 1. The van der Waals surface area contributed by atoms with E-state index in [1.54, 1.807) is 0 Å². The third kappa shape index (κ3) is 2.44. The van der Waals surface area contributed by atoms with E-state index in [4.69, 9.17) is 9.84 Å². The molecule has 1 saturated heterocycles. The van der Waals surface area contributed by atoms with E-state index in [0.717, 1.165) is 12.8 Å². The molecular weight excluding hydrogens is 163 g/mol. The molecule has 0 aromatic carbocycles. The van der Waals surface area contributed by atoms with Gasteiger partial charge in [0.15, 0.2) is 6.17 Å². The summed E-state index contributed by atoms with van der Waals surface area (Å²) in [5.74, 6) is -1.39. The van der Waals surface area contributed by atoms with Crippen LogP contribution in [0.4, 0.5) is 4.39 Å². The van der Waals surface area contributed by atoms with Crippen molar-refractivity contribution in [1.29, 1.82) is 0 Å². The van der Waals surface area contributed by atoms with Crippen molar-refractivity contribution in [3.05, 3.63) is 0 Å². The highest BCUT2D eigenvalue weighted by atomic mass is 19.1. The van der Waals surface area contributed by atoms with Gasteiger partial charge in [0.25, 0.3) is 0 Å². The Morgan fingerprint density at radius 3 is 2.83 bits per heavy atom. The van der Waals surface area contributed by atoms with Crippen molar-refractivity contribution < 1.29 is 19.0 Å². The number of hydrogen-bond donors (Lipinski definition) is 1. The van der Waals surface area contributed by atoms with E-state index in [0.29, 0.717) is 0 Å². The summed E-state index contributed by atoms with van der Waals surface area (Å²) in [5.41, 5.74) is 0. The van der Waals surface area contributed by atoms with E-state index in [9.17, 15) is 9.18 Å². The van der Waals surface area contributed by atoms with Crippen LogP contribution in [0.25, 0.3) is 0 Å². The van der Waals surface area contributed by atoms with Crippen molar-refractivity contribution >= 4 is 5.97 Å². The van der Waals surface area contributed by atoms with Crippen molar-refractivity contribution in [3.8, 4) is 0 Å².